The normalized spacial score (nSPS) is 22.2. The smallest absolute Gasteiger partial charge is 0.244 e. The molecule has 1 fully saturated rings. The molecular formula is C17H23FN2O4S. The van der Waals surface area contributed by atoms with Crippen molar-refractivity contribution in [1.82, 2.24) is 9.62 Å². The molecule has 2 unspecified atom stereocenters. The second-order valence-corrected chi connectivity index (χ2v) is 8.12. The average Bonchev–Trinajstić information content (AvgIpc) is 2.53. The maximum Gasteiger partial charge on any atom is 0.244 e. The van der Waals surface area contributed by atoms with E-state index in [0.717, 1.165) is 0 Å². The Bertz CT molecular complexity index is 726. The molecule has 6 nitrogen and oxygen atoms in total. The number of nitrogens with one attached hydrogen (secondary N) is 1. The highest BCUT2D eigenvalue weighted by atomic mass is 32.2. The van der Waals surface area contributed by atoms with Gasteiger partial charge in [-0.2, -0.15) is 4.31 Å². The lowest BCUT2D eigenvalue weighted by Crippen LogP contribution is -2.49. The van der Waals surface area contributed by atoms with Crippen LogP contribution in [0.25, 0.3) is 6.08 Å². The molecule has 1 heterocycles. The number of ether oxygens (including phenoxy) is 1. The summed E-state index contributed by atoms with van der Waals surface area (Å²) in [6.45, 7) is 4.27. The van der Waals surface area contributed by atoms with E-state index in [9.17, 15) is 17.6 Å². The number of carbonyl (C=O) groups excluding carboxylic acids is 1. The predicted molar refractivity (Wildman–Crippen MR) is 93.8 cm³/mol. The average molecular weight is 370 g/mol. The highest BCUT2D eigenvalue weighted by Crippen LogP contribution is 2.14. The third-order valence-electron chi connectivity index (χ3n) is 3.76. The molecule has 0 aromatic heterocycles. The van der Waals surface area contributed by atoms with Crippen LogP contribution in [0.3, 0.4) is 0 Å². The van der Waals surface area contributed by atoms with E-state index in [1.165, 1.54) is 22.5 Å². The Hall–Kier alpha value is -1.77. The van der Waals surface area contributed by atoms with Gasteiger partial charge < -0.3 is 10.1 Å². The fourth-order valence-electron chi connectivity index (χ4n) is 2.62. The highest BCUT2D eigenvalue weighted by Gasteiger charge is 2.30. The Balaban J connectivity index is 1.83. The van der Waals surface area contributed by atoms with Crippen LogP contribution in [0.1, 0.15) is 19.4 Å². The van der Waals surface area contributed by atoms with Gasteiger partial charge in [0.15, 0.2) is 0 Å². The van der Waals surface area contributed by atoms with Crippen molar-refractivity contribution >= 4 is 22.0 Å². The molecule has 1 aliphatic rings. The zero-order valence-electron chi connectivity index (χ0n) is 14.3. The van der Waals surface area contributed by atoms with E-state index in [-0.39, 0.29) is 24.5 Å². The first-order valence-corrected chi connectivity index (χ1v) is 9.72. The van der Waals surface area contributed by atoms with Crippen molar-refractivity contribution < 1.29 is 22.3 Å². The Morgan fingerprint density at radius 1 is 1.32 bits per heavy atom. The Kier molecular flexibility index (Phi) is 6.69. The van der Waals surface area contributed by atoms with Gasteiger partial charge in [0, 0.05) is 31.3 Å². The van der Waals surface area contributed by atoms with Crippen LogP contribution in [0.5, 0.6) is 0 Å². The second kappa shape index (κ2) is 8.55. The van der Waals surface area contributed by atoms with Crippen LogP contribution in [-0.4, -0.2) is 56.2 Å². The first kappa shape index (κ1) is 19.6. The number of benzene rings is 1. The van der Waals surface area contributed by atoms with Crippen molar-refractivity contribution in [3.05, 3.63) is 41.7 Å². The number of hydrogen-bond acceptors (Lipinski definition) is 4. The second-order valence-electron chi connectivity index (χ2n) is 6.04. The van der Waals surface area contributed by atoms with Crippen LogP contribution in [0.15, 0.2) is 30.3 Å². The Labute approximate surface area is 147 Å². The molecule has 0 saturated carbocycles. The number of amides is 1. The van der Waals surface area contributed by atoms with Gasteiger partial charge in [-0.25, -0.2) is 12.8 Å². The topological polar surface area (TPSA) is 75.7 Å². The Morgan fingerprint density at radius 3 is 2.60 bits per heavy atom. The number of nitrogens with zero attached hydrogens (tertiary/aromatic N) is 1. The Morgan fingerprint density at radius 2 is 1.96 bits per heavy atom. The van der Waals surface area contributed by atoms with Gasteiger partial charge in [-0.3, -0.25) is 4.79 Å². The molecule has 1 N–H and O–H groups in total. The van der Waals surface area contributed by atoms with Crippen molar-refractivity contribution in [2.24, 2.45) is 0 Å². The summed E-state index contributed by atoms with van der Waals surface area (Å²) in [5.41, 5.74) is 0.293. The van der Waals surface area contributed by atoms with Gasteiger partial charge >= 0.3 is 0 Å². The summed E-state index contributed by atoms with van der Waals surface area (Å²) in [6.07, 6.45) is 2.22. The van der Waals surface area contributed by atoms with Crippen molar-refractivity contribution in [3.8, 4) is 0 Å². The van der Waals surface area contributed by atoms with E-state index in [1.54, 1.807) is 18.2 Å². The van der Waals surface area contributed by atoms with Gasteiger partial charge in [-0.05, 0) is 26.0 Å². The summed E-state index contributed by atoms with van der Waals surface area (Å²) in [6, 6.07) is 6.07. The van der Waals surface area contributed by atoms with Crippen molar-refractivity contribution in [2.45, 2.75) is 26.1 Å². The fraction of sp³-hybridized carbons (Fsp3) is 0.471. The van der Waals surface area contributed by atoms with Gasteiger partial charge in [-0.15, -0.1) is 0 Å². The maximum absolute atomic E-state index is 13.4. The molecule has 1 aromatic carbocycles. The van der Waals surface area contributed by atoms with Crippen LogP contribution in [-0.2, 0) is 19.6 Å². The van der Waals surface area contributed by atoms with Crippen LogP contribution >= 0.6 is 0 Å². The third kappa shape index (κ3) is 5.91. The molecule has 0 bridgehead atoms. The van der Waals surface area contributed by atoms with E-state index in [1.807, 2.05) is 13.8 Å². The molecule has 25 heavy (non-hydrogen) atoms. The fourth-order valence-corrected chi connectivity index (χ4v) is 4.12. The minimum absolute atomic E-state index is 0.0110. The molecule has 0 radical (unpaired) electrons. The molecule has 1 aromatic rings. The zero-order valence-corrected chi connectivity index (χ0v) is 15.1. The molecule has 1 aliphatic heterocycles. The summed E-state index contributed by atoms with van der Waals surface area (Å²) in [5.74, 6) is -1.09. The molecule has 138 valence electrons. The van der Waals surface area contributed by atoms with Gasteiger partial charge in [-0.1, -0.05) is 18.2 Å². The lowest BCUT2D eigenvalue weighted by molar-refractivity contribution is -0.116. The van der Waals surface area contributed by atoms with Crippen LogP contribution in [0.2, 0.25) is 0 Å². The molecule has 2 rings (SSSR count). The van der Waals surface area contributed by atoms with E-state index < -0.39 is 21.7 Å². The largest absolute Gasteiger partial charge is 0.373 e. The van der Waals surface area contributed by atoms with Gasteiger partial charge in [0.25, 0.3) is 0 Å². The van der Waals surface area contributed by atoms with Crippen molar-refractivity contribution in [1.29, 1.82) is 0 Å². The van der Waals surface area contributed by atoms with Crippen LogP contribution in [0, 0.1) is 5.82 Å². The first-order valence-electron chi connectivity index (χ1n) is 8.11. The molecule has 0 spiro atoms. The minimum Gasteiger partial charge on any atom is -0.373 e. The standard InChI is InChI=1S/C17H23FN2O4S/c1-13-11-20(12-14(2)24-13)25(22,23)10-9-19-17(21)8-7-15-5-3-4-6-16(15)18/h3-8,13-14H,9-12H2,1-2H3,(H,19,21)/b8-7+. The van der Waals surface area contributed by atoms with Gasteiger partial charge in [0.2, 0.25) is 15.9 Å². The molecule has 8 heteroatoms. The summed E-state index contributed by atoms with van der Waals surface area (Å²) < 4.78 is 45.0. The number of hydrogen-bond donors (Lipinski definition) is 1. The maximum atomic E-state index is 13.4. The summed E-state index contributed by atoms with van der Waals surface area (Å²) in [4.78, 5) is 11.7. The van der Waals surface area contributed by atoms with Crippen LogP contribution < -0.4 is 5.32 Å². The number of carbonyl (C=O) groups is 1. The summed E-state index contributed by atoms with van der Waals surface area (Å²) >= 11 is 0. The summed E-state index contributed by atoms with van der Waals surface area (Å²) in [5, 5.41) is 2.50. The van der Waals surface area contributed by atoms with Crippen molar-refractivity contribution in [2.75, 3.05) is 25.4 Å². The van der Waals surface area contributed by atoms with E-state index in [4.69, 9.17) is 4.74 Å². The van der Waals surface area contributed by atoms with Crippen LogP contribution in [0.4, 0.5) is 4.39 Å². The lowest BCUT2D eigenvalue weighted by Gasteiger charge is -2.34. The predicted octanol–water partition coefficient (Wildman–Crippen LogP) is 1.39. The highest BCUT2D eigenvalue weighted by molar-refractivity contribution is 7.89. The zero-order chi connectivity index (χ0) is 18.4. The third-order valence-corrected chi connectivity index (χ3v) is 5.56. The number of halogens is 1. The monoisotopic (exact) mass is 370 g/mol. The minimum atomic E-state index is -3.46. The molecular weight excluding hydrogens is 347 g/mol. The summed E-state index contributed by atoms with van der Waals surface area (Å²) in [7, 11) is -3.46. The van der Waals surface area contributed by atoms with Crippen molar-refractivity contribution in [3.63, 3.8) is 0 Å². The molecule has 1 amide bonds. The molecule has 1 saturated heterocycles. The number of rotatable bonds is 6. The van der Waals surface area contributed by atoms with E-state index >= 15 is 0 Å². The van der Waals surface area contributed by atoms with Gasteiger partial charge in [0.1, 0.15) is 5.82 Å². The SMILES string of the molecule is CC1CN(S(=O)(=O)CCNC(=O)/C=C/c2ccccc2F)CC(C)O1. The van der Waals surface area contributed by atoms with E-state index in [0.29, 0.717) is 18.7 Å². The number of morpholine rings is 1. The van der Waals surface area contributed by atoms with Gasteiger partial charge in [0.05, 0.1) is 18.0 Å². The lowest BCUT2D eigenvalue weighted by atomic mass is 10.2. The number of sulfonamides is 1. The first-order chi connectivity index (χ1) is 11.8. The van der Waals surface area contributed by atoms with E-state index in [2.05, 4.69) is 5.32 Å². The molecule has 2 atom stereocenters. The molecule has 0 aliphatic carbocycles. The quantitative estimate of drug-likeness (QED) is 0.768.